The summed E-state index contributed by atoms with van der Waals surface area (Å²) in [7, 11) is 0. The van der Waals surface area contributed by atoms with Crippen molar-refractivity contribution in [3.8, 4) is 6.07 Å². The van der Waals surface area contributed by atoms with Gasteiger partial charge in [0.1, 0.15) is 23.3 Å². The van der Waals surface area contributed by atoms with E-state index in [9.17, 15) is 18.4 Å². The second-order valence-electron chi connectivity index (χ2n) is 8.19. The molecule has 1 aromatic rings. The van der Waals surface area contributed by atoms with Crippen LogP contribution in [0.4, 0.5) is 13.6 Å². The normalized spacial score (nSPS) is 24.4. The molecule has 2 unspecified atom stereocenters. The van der Waals surface area contributed by atoms with Gasteiger partial charge in [-0.05, 0) is 45.7 Å². The summed E-state index contributed by atoms with van der Waals surface area (Å²) in [5.41, 5.74) is -1.47. The lowest BCUT2D eigenvalue weighted by Crippen LogP contribution is -2.60. The molecule has 0 spiro atoms. The summed E-state index contributed by atoms with van der Waals surface area (Å²) >= 11 is 0. The van der Waals surface area contributed by atoms with Crippen LogP contribution in [0, 0.1) is 28.9 Å². The summed E-state index contributed by atoms with van der Waals surface area (Å²) in [5.74, 6) is -2.94. The number of carbonyl (C=O) groups excluding carboxylic acids is 2. The topological polar surface area (TPSA) is 79.6 Å². The molecule has 2 saturated heterocycles. The molecule has 0 N–H and O–H groups in total. The predicted octanol–water partition coefficient (Wildman–Crippen LogP) is 3.43. The van der Waals surface area contributed by atoms with Gasteiger partial charge in [-0.3, -0.25) is 9.69 Å². The SMILES string of the molecule is CC(C)(C)OC(=O)N1C2COCC1CC(C(=O)c1cc(F)c(C#N)cc1F)C2. The number of hydrogen-bond donors (Lipinski definition) is 0. The first-order chi connectivity index (χ1) is 13.1. The Labute approximate surface area is 162 Å². The Kier molecular flexibility index (Phi) is 5.39. The lowest BCUT2D eigenvalue weighted by molar-refractivity contribution is -0.0861. The van der Waals surface area contributed by atoms with Crippen LogP contribution in [0.5, 0.6) is 0 Å². The molecule has 2 atom stereocenters. The number of nitriles is 1. The lowest BCUT2D eigenvalue weighted by Gasteiger charge is -2.47. The number of benzene rings is 1. The van der Waals surface area contributed by atoms with Crippen LogP contribution < -0.4 is 0 Å². The van der Waals surface area contributed by atoms with Gasteiger partial charge < -0.3 is 9.47 Å². The monoisotopic (exact) mass is 392 g/mol. The van der Waals surface area contributed by atoms with Crippen LogP contribution in [0.3, 0.4) is 0 Å². The number of halogens is 2. The Morgan fingerprint density at radius 3 is 2.32 bits per heavy atom. The molecular weight excluding hydrogens is 370 g/mol. The van der Waals surface area contributed by atoms with Gasteiger partial charge in [0.25, 0.3) is 0 Å². The zero-order chi connectivity index (χ0) is 20.6. The molecule has 1 aromatic carbocycles. The Hall–Kier alpha value is -2.53. The van der Waals surface area contributed by atoms with Crippen molar-refractivity contribution in [1.82, 2.24) is 4.90 Å². The van der Waals surface area contributed by atoms with Gasteiger partial charge in [-0.15, -0.1) is 0 Å². The minimum Gasteiger partial charge on any atom is -0.444 e. The van der Waals surface area contributed by atoms with Gasteiger partial charge in [0, 0.05) is 5.92 Å². The average Bonchev–Trinajstić information content (AvgIpc) is 2.60. The third-order valence-corrected chi connectivity index (χ3v) is 4.94. The number of piperidine rings is 1. The van der Waals surface area contributed by atoms with Crippen molar-refractivity contribution in [2.45, 2.75) is 51.3 Å². The minimum absolute atomic E-state index is 0.254. The maximum absolute atomic E-state index is 14.3. The van der Waals surface area contributed by atoms with E-state index in [1.807, 2.05) is 0 Å². The number of ether oxygens (including phenoxy) is 2. The van der Waals surface area contributed by atoms with Gasteiger partial charge in [0.15, 0.2) is 5.78 Å². The fraction of sp³-hybridized carbons (Fsp3) is 0.550. The number of carbonyl (C=O) groups is 2. The van der Waals surface area contributed by atoms with Crippen LogP contribution in [-0.4, -0.2) is 47.7 Å². The van der Waals surface area contributed by atoms with Gasteiger partial charge in [-0.2, -0.15) is 5.26 Å². The van der Waals surface area contributed by atoms with E-state index in [4.69, 9.17) is 14.7 Å². The van der Waals surface area contributed by atoms with Crippen LogP contribution in [-0.2, 0) is 9.47 Å². The van der Waals surface area contributed by atoms with Crippen LogP contribution >= 0.6 is 0 Å². The number of fused-ring (bicyclic) bond motifs is 2. The molecule has 2 aliphatic rings. The molecule has 6 nitrogen and oxygen atoms in total. The van der Waals surface area contributed by atoms with E-state index >= 15 is 0 Å². The molecule has 2 aliphatic heterocycles. The Balaban J connectivity index is 1.80. The predicted molar refractivity (Wildman–Crippen MR) is 94.6 cm³/mol. The molecular formula is C20H22F2N2O4. The first kappa shape index (κ1) is 20.2. The highest BCUT2D eigenvalue weighted by Crippen LogP contribution is 2.35. The van der Waals surface area contributed by atoms with Gasteiger partial charge in [-0.1, -0.05) is 0 Å². The minimum atomic E-state index is -0.929. The maximum Gasteiger partial charge on any atom is 0.410 e. The Morgan fingerprint density at radius 2 is 1.79 bits per heavy atom. The Morgan fingerprint density at radius 1 is 1.18 bits per heavy atom. The molecule has 2 heterocycles. The van der Waals surface area contributed by atoms with Crippen molar-refractivity contribution in [1.29, 1.82) is 5.26 Å². The summed E-state index contributed by atoms with van der Waals surface area (Å²) in [4.78, 5) is 27.0. The van der Waals surface area contributed by atoms with Crippen molar-refractivity contribution < 1.29 is 27.8 Å². The van der Waals surface area contributed by atoms with E-state index in [1.54, 1.807) is 31.7 Å². The van der Waals surface area contributed by atoms with Gasteiger partial charge in [0.2, 0.25) is 0 Å². The van der Waals surface area contributed by atoms with E-state index < -0.39 is 40.6 Å². The third kappa shape index (κ3) is 3.99. The number of ketones is 1. The van der Waals surface area contributed by atoms with Crippen LogP contribution in [0.2, 0.25) is 0 Å². The summed E-state index contributed by atoms with van der Waals surface area (Å²) in [6.45, 7) is 5.83. The Bertz CT molecular complexity index is 830. The number of nitrogens with zero attached hydrogens (tertiary/aromatic N) is 2. The molecule has 2 fully saturated rings. The van der Waals surface area contributed by atoms with Gasteiger partial charge >= 0.3 is 6.09 Å². The van der Waals surface area contributed by atoms with Crippen LogP contribution in [0.1, 0.15) is 49.5 Å². The van der Waals surface area contributed by atoms with E-state index in [0.29, 0.717) is 0 Å². The fourth-order valence-corrected chi connectivity index (χ4v) is 3.78. The number of rotatable bonds is 2. The molecule has 8 heteroatoms. The zero-order valence-corrected chi connectivity index (χ0v) is 16.0. The quantitative estimate of drug-likeness (QED) is 0.721. The third-order valence-electron chi connectivity index (χ3n) is 4.94. The summed E-state index contributed by atoms with van der Waals surface area (Å²) in [6, 6.07) is 2.32. The number of amides is 1. The molecule has 0 radical (unpaired) electrons. The van der Waals surface area contributed by atoms with Crippen molar-refractivity contribution in [3.05, 3.63) is 34.9 Å². The number of morpholine rings is 1. The molecule has 0 aromatic heterocycles. The molecule has 2 bridgehead atoms. The van der Waals surface area contributed by atoms with Crippen LogP contribution in [0.15, 0.2) is 12.1 Å². The molecule has 0 saturated carbocycles. The maximum atomic E-state index is 14.3. The first-order valence-electron chi connectivity index (χ1n) is 9.13. The average molecular weight is 392 g/mol. The van der Waals surface area contributed by atoms with Crippen molar-refractivity contribution >= 4 is 11.9 Å². The highest BCUT2D eigenvalue weighted by atomic mass is 19.1. The highest BCUT2D eigenvalue weighted by Gasteiger charge is 2.45. The first-order valence-corrected chi connectivity index (χ1v) is 9.13. The van der Waals surface area contributed by atoms with Gasteiger partial charge in [0.05, 0.1) is 36.4 Å². The standard InChI is InChI=1S/C20H22F2N2O4/c1-20(2,3)28-19(26)24-13-4-11(5-14(24)10-27-9-13)18(25)15-7-16(21)12(8-23)6-17(15)22/h6-7,11,13-14H,4-5,9-10H2,1-3H3. The second-order valence-corrected chi connectivity index (χ2v) is 8.19. The van der Waals surface area contributed by atoms with Crippen molar-refractivity contribution in [3.63, 3.8) is 0 Å². The number of Topliss-reactive ketones (excluding diaryl/α,β-unsaturated/α-hetero) is 1. The molecule has 3 rings (SSSR count). The smallest absolute Gasteiger partial charge is 0.410 e. The van der Waals surface area contributed by atoms with Crippen LogP contribution in [0.25, 0.3) is 0 Å². The van der Waals surface area contributed by atoms with E-state index in [0.717, 1.165) is 12.1 Å². The van der Waals surface area contributed by atoms with E-state index in [-0.39, 0.29) is 43.7 Å². The summed E-state index contributed by atoms with van der Waals surface area (Å²) in [5, 5.41) is 8.79. The fourth-order valence-electron chi connectivity index (χ4n) is 3.78. The van der Waals surface area contributed by atoms with Crippen molar-refractivity contribution in [2.24, 2.45) is 5.92 Å². The van der Waals surface area contributed by atoms with E-state index in [1.165, 1.54) is 0 Å². The lowest BCUT2D eigenvalue weighted by atomic mass is 9.80. The highest BCUT2D eigenvalue weighted by molar-refractivity contribution is 5.98. The zero-order valence-electron chi connectivity index (χ0n) is 16.0. The molecule has 150 valence electrons. The summed E-state index contributed by atoms with van der Waals surface area (Å²) in [6.07, 6.45) is 0.0814. The largest absolute Gasteiger partial charge is 0.444 e. The molecule has 28 heavy (non-hydrogen) atoms. The molecule has 0 aliphatic carbocycles. The van der Waals surface area contributed by atoms with Crippen molar-refractivity contribution in [2.75, 3.05) is 13.2 Å². The second kappa shape index (κ2) is 7.47. The van der Waals surface area contributed by atoms with E-state index in [2.05, 4.69) is 0 Å². The molecule has 1 amide bonds. The number of hydrogen-bond acceptors (Lipinski definition) is 5. The van der Waals surface area contributed by atoms with Gasteiger partial charge in [-0.25, -0.2) is 13.6 Å². The summed E-state index contributed by atoms with van der Waals surface area (Å²) < 4.78 is 39.1.